The van der Waals surface area contributed by atoms with Crippen LogP contribution in [-0.4, -0.2) is 37.0 Å². The highest BCUT2D eigenvalue weighted by molar-refractivity contribution is 6.32. The van der Waals surface area contributed by atoms with Crippen molar-refractivity contribution < 1.29 is 18.7 Å². The van der Waals surface area contributed by atoms with Crippen molar-refractivity contribution >= 4 is 11.9 Å². The topological polar surface area (TPSA) is 46.6 Å². The minimum Gasteiger partial charge on any atom is -0.459 e. The Morgan fingerprint density at radius 1 is 1.39 bits per heavy atom. The molecule has 0 saturated heterocycles. The van der Waals surface area contributed by atoms with Gasteiger partial charge in [0.05, 0.1) is 6.61 Å². The van der Waals surface area contributed by atoms with Crippen molar-refractivity contribution in [1.29, 1.82) is 0 Å². The molecule has 0 saturated carbocycles. The monoisotopic (exact) mass is 253 g/mol. The van der Waals surface area contributed by atoms with Crippen LogP contribution in [0, 0.1) is 5.82 Å². The summed E-state index contributed by atoms with van der Waals surface area (Å²) >= 11 is 0. The number of nitrogens with zero attached hydrogens (tertiary/aromatic N) is 1. The third-order valence-corrected chi connectivity index (χ3v) is 2.42. The van der Waals surface area contributed by atoms with E-state index in [2.05, 4.69) is 4.74 Å². The molecule has 1 amide bonds. The quantitative estimate of drug-likeness (QED) is 0.601. The third kappa shape index (κ3) is 4.16. The van der Waals surface area contributed by atoms with Crippen molar-refractivity contribution in [3.8, 4) is 0 Å². The van der Waals surface area contributed by atoms with E-state index in [0.29, 0.717) is 13.0 Å². The molecular weight excluding hydrogens is 237 g/mol. The number of esters is 1. The first-order chi connectivity index (χ1) is 8.54. The number of carbonyl (C=O) groups excluding carboxylic acids is 2. The second kappa shape index (κ2) is 6.74. The van der Waals surface area contributed by atoms with Gasteiger partial charge in [-0.05, 0) is 31.0 Å². The average molecular weight is 253 g/mol. The molecule has 0 aliphatic carbocycles. The van der Waals surface area contributed by atoms with Crippen LogP contribution in [0.1, 0.15) is 12.5 Å². The lowest BCUT2D eigenvalue weighted by Gasteiger charge is -2.15. The summed E-state index contributed by atoms with van der Waals surface area (Å²) in [7, 11) is 1.51. The number of hydrogen-bond acceptors (Lipinski definition) is 3. The van der Waals surface area contributed by atoms with Gasteiger partial charge in [-0.1, -0.05) is 12.1 Å². The van der Waals surface area contributed by atoms with E-state index in [0.717, 1.165) is 5.56 Å². The zero-order valence-corrected chi connectivity index (χ0v) is 10.5. The minimum atomic E-state index is -0.862. The lowest BCUT2D eigenvalue weighted by atomic mass is 10.1. The van der Waals surface area contributed by atoms with Crippen molar-refractivity contribution in [3.05, 3.63) is 35.6 Å². The first-order valence-corrected chi connectivity index (χ1v) is 5.71. The highest BCUT2D eigenvalue weighted by atomic mass is 19.1. The van der Waals surface area contributed by atoms with Crippen molar-refractivity contribution in [2.75, 3.05) is 20.2 Å². The predicted octanol–water partition coefficient (Wildman–Crippen LogP) is 1.39. The summed E-state index contributed by atoms with van der Waals surface area (Å²) in [5.41, 5.74) is 0.776. The Balaban J connectivity index is 2.48. The van der Waals surface area contributed by atoms with Crippen molar-refractivity contribution in [2.24, 2.45) is 0 Å². The highest BCUT2D eigenvalue weighted by Gasteiger charge is 2.19. The Bertz CT molecular complexity index is 434. The highest BCUT2D eigenvalue weighted by Crippen LogP contribution is 2.05. The van der Waals surface area contributed by atoms with Gasteiger partial charge in [0.25, 0.3) is 0 Å². The van der Waals surface area contributed by atoms with Gasteiger partial charge in [0.2, 0.25) is 0 Å². The third-order valence-electron chi connectivity index (χ3n) is 2.42. The van der Waals surface area contributed by atoms with Crippen LogP contribution in [0.15, 0.2) is 24.3 Å². The molecule has 0 spiro atoms. The molecule has 18 heavy (non-hydrogen) atoms. The van der Waals surface area contributed by atoms with Gasteiger partial charge in [0, 0.05) is 13.6 Å². The molecule has 0 bridgehead atoms. The number of likely N-dealkylation sites (N-methyl/N-ethyl adjacent to an activating group) is 1. The molecule has 0 N–H and O–H groups in total. The van der Waals surface area contributed by atoms with Crippen LogP contribution in [0.2, 0.25) is 0 Å². The summed E-state index contributed by atoms with van der Waals surface area (Å²) in [6.07, 6.45) is 0.486. The molecule has 1 rings (SSSR count). The molecule has 5 heteroatoms. The van der Waals surface area contributed by atoms with Crippen LogP contribution in [0.3, 0.4) is 0 Å². The van der Waals surface area contributed by atoms with Gasteiger partial charge in [-0.25, -0.2) is 9.18 Å². The standard InChI is InChI=1S/C13H16FNO3/c1-3-18-13(17)12(16)15(2)8-7-10-5-4-6-11(14)9-10/h4-6,9H,3,7-8H2,1-2H3. The summed E-state index contributed by atoms with van der Waals surface area (Å²) < 4.78 is 17.5. The molecule has 0 aliphatic heterocycles. The number of benzene rings is 1. The molecule has 0 unspecified atom stereocenters. The number of amides is 1. The van der Waals surface area contributed by atoms with Crippen LogP contribution in [0.25, 0.3) is 0 Å². The molecule has 0 aromatic heterocycles. The normalized spacial score (nSPS) is 9.94. The maximum absolute atomic E-state index is 12.9. The van der Waals surface area contributed by atoms with E-state index < -0.39 is 11.9 Å². The maximum Gasteiger partial charge on any atom is 0.396 e. The van der Waals surface area contributed by atoms with Crippen molar-refractivity contribution in [1.82, 2.24) is 4.90 Å². The number of carbonyl (C=O) groups is 2. The van der Waals surface area contributed by atoms with Crippen LogP contribution in [0.5, 0.6) is 0 Å². The zero-order valence-electron chi connectivity index (χ0n) is 10.5. The predicted molar refractivity (Wildman–Crippen MR) is 64.4 cm³/mol. The Labute approximate surface area is 105 Å². The molecule has 0 heterocycles. The van der Waals surface area contributed by atoms with Gasteiger partial charge < -0.3 is 9.64 Å². The van der Waals surface area contributed by atoms with Crippen LogP contribution in [-0.2, 0) is 20.7 Å². The zero-order chi connectivity index (χ0) is 13.5. The molecule has 1 aromatic rings. The number of rotatable bonds is 4. The van der Waals surface area contributed by atoms with Gasteiger partial charge >= 0.3 is 11.9 Å². The minimum absolute atomic E-state index is 0.169. The summed E-state index contributed by atoms with van der Waals surface area (Å²) in [6, 6.07) is 6.14. The number of hydrogen-bond donors (Lipinski definition) is 0. The first kappa shape index (κ1) is 14.2. The summed E-state index contributed by atoms with van der Waals surface area (Å²) in [5, 5.41) is 0. The molecular formula is C13H16FNO3. The maximum atomic E-state index is 12.9. The second-order valence-electron chi connectivity index (χ2n) is 3.83. The van der Waals surface area contributed by atoms with Crippen LogP contribution in [0.4, 0.5) is 4.39 Å². The smallest absolute Gasteiger partial charge is 0.396 e. The fraction of sp³-hybridized carbons (Fsp3) is 0.385. The summed E-state index contributed by atoms with van der Waals surface area (Å²) in [4.78, 5) is 23.9. The largest absolute Gasteiger partial charge is 0.459 e. The molecule has 0 atom stereocenters. The summed E-state index contributed by atoms with van der Waals surface area (Å²) in [5.74, 6) is -1.86. The molecule has 0 aliphatic rings. The van der Waals surface area contributed by atoms with E-state index in [-0.39, 0.29) is 12.4 Å². The first-order valence-electron chi connectivity index (χ1n) is 5.71. The Hall–Kier alpha value is -1.91. The van der Waals surface area contributed by atoms with Gasteiger partial charge in [0.1, 0.15) is 5.82 Å². The van der Waals surface area contributed by atoms with E-state index in [1.807, 2.05) is 0 Å². The number of ether oxygens (including phenoxy) is 1. The lowest BCUT2D eigenvalue weighted by Crippen LogP contribution is -2.35. The molecule has 98 valence electrons. The molecule has 1 aromatic carbocycles. The van der Waals surface area contributed by atoms with E-state index >= 15 is 0 Å². The van der Waals surface area contributed by atoms with Crippen LogP contribution < -0.4 is 0 Å². The van der Waals surface area contributed by atoms with E-state index in [1.165, 1.54) is 24.1 Å². The SMILES string of the molecule is CCOC(=O)C(=O)N(C)CCc1cccc(F)c1. The Morgan fingerprint density at radius 3 is 2.72 bits per heavy atom. The Kier molecular flexibility index (Phi) is 5.30. The fourth-order valence-corrected chi connectivity index (χ4v) is 1.44. The van der Waals surface area contributed by atoms with Gasteiger partial charge in [0.15, 0.2) is 0 Å². The molecule has 0 fully saturated rings. The van der Waals surface area contributed by atoms with E-state index in [4.69, 9.17) is 0 Å². The fourth-order valence-electron chi connectivity index (χ4n) is 1.44. The van der Waals surface area contributed by atoms with Crippen molar-refractivity contribution in [2.45, 2.75) is 13.3 Å². The van der Waals surface area contributed by atoms with E-state index in [9.17, 15) is 14.0 Å². The lowest BCUT2D eigenvalue weighted by molar-refractivity contribution is -0.159. The molecule has 0 radical (unpaired) electrons. The van der Waals surface area contributed by atoms with Gasteiger partial charge in [-0.15, -0.1) is 0 Å². The van der Waals surface area contributed by atoms with Crippen molar-refractivity contribution in [3.63, 3.8) is 0 Å². The average Bonchev–Trinajstić information content (AvgIpc) is 2.35. The van der Waals surface area contributed by atoms with Gasteiger partial charge in [-0.2, -0.15) is 0 Å². The molecule has 4 nitrogen and oxygen atoms in total. The van der Waals surface area contributed by atoms with Crippen LogP contribution >= 0.6 is 0 Å². The number of halogens is 1. The van der Waals surface area contributed by atoms with Gasteiger partial charge in [-0.3, -0.25) is 4.79 Å². The summed E-state index contributed by atoms with van der Waals surface area (Å²) in [6.45, 7) is 2.14. The van der Waals surface area contributed by atoms with E-state index in [1.54, 1.807) is 19.1 Å². The second-order valence-corrected chi connectivity index (χ2v) is 3.83. The Morgan fingerprint density at radius 2 is 2.11 bits per heavy atom.